The maximum Gasteiger partial charge on any atom is 0.337 e. The molecule has 0 amide bonds. The Balaban J connectivity index is 2.31. The molecule has 0 spiro atoms. The Bertz CT molecular complexity index is 496. The van der Waals surface area contributed by atoms with Crippen molar-refractivity contribution in [1.82, 2.24) is 14.3 Å². The molecule has 0 aliphatic carbocycles. The molecule has 2 heterocycles. The predicted molar refractivity (Wildman–Crippen MR) is 52.6 cm³/mol. The van der Waals surface area contributed by atoms with Gasteiger partial charge in [-0.2, -0.15) is 9.78 Å². The van der Waals surface area contributed by atoms with Crippen LogP contribution in [0.25, 0.3) is 0 Å². The second-order valence-electron chi connectivity index (χ2n) is 3.08. The van der Waals surface area contributed by atoms with Gasteiger partial charge in [0.15, 0.2) is 0 Å². The number of aryl methyl sites for hydroxylation is 1. The topological polar surface area (TPSA) is 56.9 Å². The lowest BCUT2D eigenvalue weighted by molar-refractivity contribution is 0.0705. The van der Waals surface area contributed by atoms with Gasteiger partial charge in [-0.05, 0) is 25.1 Å². The molecule has 15 heavy (non-hydrogen) atoms. The zero-order valence-corrected chi connectivity index (χ0v) is 8.12. The van der Waals surface area contributed by atoms with Gasteiger partial charge < -0.3 is 0 Å². The van der Waals surface area contributed by atoms with Gasteiger partial charge in [0.25, 0.3) is 0 Å². The van der Waals surface area contributed by atoms with Crippen LogP contribution in [0.2, 0.25) is 0 Å². The predicted octanol–water partition coefficient (Wildman–Crippen LogP) is 0.974. The van der Waals surface area contributed by atoms with E-state index >= 15 is 0 Å². The molecule has 76 valence electrons. The van der Waals surface area contributed by atoms with Crippen molar-refractivity contribution < 1.29 is 9.59 Å². The number of rotatable bonds is 0. The van der Waals surface area contributed by atoms with E-state index in [1.54, 1.807) is 31.3 Å². The summed E-state index contributed by atoms with van der Waals surface area (Å²) in [6, 6.07) is 5.06. The summed E-state index contributed by atoms with van der Waals surface area (Å²) in [5.41, 5.74) is 0.723. The molecule has 0 aliphatic heterocycles. The summed E-state index contributed by atoms with van der Waals surface area (Å²) in [6.07, 6.45) is 4.45. The maximum absolute atomic E-state index is 11.7. The van der Waals surface area contributed by atoms with Gasteiger partial charge in [-0.15, -0.1) is 0 Å². The molecule has 0 saturated heterocycles. The number of hydrogen-bond donors (Lipinski definition) is 0. The van der Waals surface area contributed by atoms with E-state index in [4.69, 9.17) is 0 Å². The van der Waals surface area contributed by atoms with Crippen molar-refractivity contribution in [1.29, 1.82) is 0 Å². The number of carbonyl (C=O) groups is 2. The third-order valence-corrected chi connectivity index (χ3v) is 2.07. The number of carbonyl (C=O) groups excluding carboxylic acids is 2. The van der Waals surface area contributed by atoms with E-state index in [1.165, 1.54) is 17.0 Å². The van der Waals surface area contributed by atoms with E-state index in [2.05, 4.69) is 5.10 Å². The van der Waals surface area contributed by atoms with Gasteiger partial charge in [0.05, 0.1) is 0 Å². The van der Waals surface area contributed by atoms with Crippen LogP contribution in [0.5, 0.6) is 0 Å². The molecule has 0 bridgehead atoms. The first-order valence-corrected chi connectivity index (χ1v) is 4.43. The van der Waals surface area contributed by atoms with E-state index < -0.39 is 11.8 Å². The Morgan fingerprint density at radius 3 is 2.53 bits per heavy atom. The Morgan fingerprint density at radius 1 is 1.20 bits per heavy atom. The fourth-order valence-electron chi connectivity index (χ4n) is 1.28. The third kappa shape index (κ3) is 1.59. The maximum atomic E-state index is 11.7. The van der Waals surface area contributed by atoms with E-state index in [1.807, 2.05) is 0 Å². The van der Waals surface area contributed by atoms with Crippen molar-refractivity contribution in [2.75, 3.05) is 0 Å². The zero-order chi connectivity index (χ0) is 10.8. The molecule has 5 nitrogen and oxygen atoms in total. The third-order valence-electron chi connectivity index (χ3n) is 2.07. The first-order valence-electron chi connectivity index (χ1n) is 4.43. The quantitative estimate of drug-likeness (QED) is 0.599. The van der Waals surface area contributed by atoms with Crippen LogP contribution >= 0.6 is 0 Å². The Morgan fingerprint density at radius 2 is 2.00 bits per heavy atom. The van der Waals surface area contributed by atoms with Crippen LogP contribution in [0.15, 0.2) is 36.8 Å². The molecule has 0 unspecified atom stereocenters. The van der Waals surface area contributed by atoms with Crippen LogP contribution in [-0.4, -0.2) is 26.2 Å². The van der Waals surface area contributed by atoms with E-state index in [0.717, 1.165) is 10.4 Å². The summed E-state index contributed by atoms with van der Waals surface area (Å²) in [4.78, 5) is 23.3. The second kappa shape index (κ2) is 3.53. The number of nitrogens with zero attached hydrogens (tertiary/aromatic N) is 3. The molecular weight excluding hydrogens is 194 g/mol. The lowest BCUT2D eigenvalue weighted by Crippen LogP contribution is -2.27. The fraction of sp³-hybridized carbons (Fsp3) is 0.100. The van der Waals surface area contributed by atoms with Crippen molar-refractivity contribution in [3.05, 3.63) is 42.5 Å². The lowest BCUT2D eigenvalue weighted by atomic mass is 10.4. The highest BCUT2D eigenvalue weighted by atomic mass is 16.2. The molecule has 0 N–H and O–H groups in total. The van der Waals surface area contributed by atoms with Gasteiger partial charge in [-0.1, -0.05) is 0 Å². The highest BCUT2D eigenvalue weighted by Gasteiger charge is 2.18. The van der Waals surface area contributed by atoms with Crippen LogP contribution in [0.3, 0.4) is 0 Å². The van der Waals surface area contributed by atoms with Gasteiger partial charge in [0.1, 0.15) is 0 Å². The largest absolute Gasteiger partial charge is 0.337 e. The summed E-state index contributed by atoms with van der Waals surface area (Å²) >= 11 is 0. The highest BCUT2D eigenvalue weighted by Crippen LogP contribution is 2.00. The van der Waals surface area contributed by atoms with Crippen molar-refractivity contribution in [2.45, 2.75) is 6.92 Å². The minimum atomic E-state index is -0.667. The molecule has 0 saturated carbocycles. The van der Waals surface area contributed by atoms with Gasteiger partial charge in [-0.3, -0.25) is 14.2 Å². The standard InChI is InChI=1S/C10H9N3O2/c1-8-4-2-6-12(8)9(14)10(15)13-7-3-5-11-13/h2-7H,1H3. The van der Waals surface area contributed by atoms with E-state index in [9.17, 15) is 9.59 Å². The molecule has 2 aromatic heterocycles. The molecule has 0 fully saturated rings. The van der Waals surface area contributed by atoms with Crippen molar-refractivity contribution in [2.24, 2.45) is 0 Å². The number of aromatic nitrogens is 3. The molecular formula is C10H9N3O2. The van der Waals surface area contributed by atoms with Crippen LogP contribution in [0.4, 0.5) is 0 Å². The molecule has 2 rings (SSSR count). The summed E-state index contributed by atoms with van der Waals surface area (Å²) < 4.78 is 2.31. The van der Waals surface area contributed by atoms with E-state index in [0.29, 0.717) is 0 Å². The minimum absolute atomic E-state index is 0.610. The Labute approximate surface area is 85.9 Å². The van der Waals surface area contributed by atoms with Gasteiger partial charge in [-0.25, -0.2) is 0 Å². The molecule has 0 radical (unpaired) electrons. The highest BCUT2D eigenvalue weighted by molar-refractivity contribution is 6.36. The molecule has 0 aliphatic rings. The molecule has 0 atom stereocenters. The molecule has 0 aromatic carbocycles. The fourth-order valence-corrected chi connectivity index (χ4v) is 1.28. The van der Waals surface area contributed by atoms with Gasteiger partial charge in [0.2, 0.25) is 0 Å². The lowest BCUT2D eigenvalue weighted by Gasteiger charge is -2.02. The normalized spacial score (nSPS) is 10.2. The average Bonchev–Trinajstić information content (AvgIpc) is 2.85. The van der Waals surface area contributed by atoms with Crippen molar-refractivity contribution in [3.8, 4) is 0 Å². The Kier molecular flexibility index (Phi) is 2.21. The van der Waals surface area contributed by atoms with Crippen LogP contribution in [-0.2, 0) is 0 Å². The SMILES string of the molecule is Cc1cccn1C(=O)C(=O)n1cccn1. The van der Waals surface area contributed by atoms with Gasteiger partial charge in [0, 0.05) is 24.3 Å². The van der Waals surface area contributed by atoms with Gasteiger partial charge >= 0.3 is 11.8 Å². The minimum Gasteiger partial charge on any atom is -0.284 e. The van der Waals surface area contributed by atoms with Crippen LogP contribution in [0, 0.1) is 6.92 Å². The molecule has 5 heteroatoms. The monoisotopic (exact) mass is 203 g/mol. The first kappa shape index (κ1) is 9.39. The van der Waals surface area contributed by atoms with E-state index in [-0.39, 0.29) is 0 Å². The number of hydrogen-bond acceptors (Lipinski definition) is 3. The van der Waals surface area contributed by atoms with Crippen LogP contribution in [0.1, 0.15) is 15.3 Å². The summed E-state index contributed by atoms with van der Waals surface area (Å²) in [7, 11) is 0. The smallest absolute Gasteiger partial charge is 0.284 e. The second-order valence-corrected chi connectivity index (χ2v) is 3.08. The van der Waals surface area contributed by atoms with Crippen molar-refractivity contribution in [3.63, 3.8) is 0 Å². The zero-order valence-electron chi connectivity index (χ0n) is 8.12. The first-order chi connectivity index (χ1) is 7.20. The summed E-state index contributed by atoms with van der Waals surface area (Å²) in [6.45, 7) is 1.76. The molecule has 2 aromatic rings. The summed E-state index contributed by atoms with van der Waals surface area (Å²) in [5, 5.41) is 3.71. The van der Waals surface area contributed by atoms with Crippen molar-refractivity contribution >= 4 is 11.8 Å². The summed E-state index contributed by atoms with van der Waals surface area (Å²) in [5.74, 6) is -1.28. The van der Waals surface area contributed by atoms with Crippen LogP contribution < -0.4 is 0 Å². The average molecular weight is 203 g/mol. The Hall–Kier alpha value is -2.17.